The summed E-state index contributed by atoms with van der Waals surface area (Å²) in [7, 11) is 0. The number of nitro benzene ring substituents is 1. The quantitative estimate of drug-likeness (QED) is 0.475. The van der Waals surface area contributed by atoms with Crippen LogP contribution in [0.4, 0.5) is 5.69 Å². The predicted octanol–water partition coefficient (Wildman–Crippen LogP) is 3.70. The molecular formula is C11H12BrNO2. The number of benzene rings is 1. The van der Waals surface area contributed by atoms with E-state index in [9.17, 15) is 10.1 Å². The fourth-order valence-corrected chi connectivity index (χ4v) is 1.53. The van der Waals surface area contributed by atoms with Crippen LogP contribution in [0.15, 0.2) is 24.3 Å². The van der Waals surface area contributed by atoms with Crippen molar-refractivity contribution in [3.05, 3.63) is 45.5 Å². The molecule has 80 valence electrons. The molecule has 15 heavy (non-hydrogen) atoms. The van der Waals surface area contributed by atoms with Crippen LogP contribution in [0.1, 0.15) is 17.5 Å². The molecule has 1 rings (SSSR count). The lowest BCUT2D eigenvalue weighted by Gasteiger charge is -1.98. The highest BCUT2D eigenvalue weighted by atomic mass is 79.9. The van der Waals surface area contributed by atoms with E-state index in [0.29, 0.717) is 5.56 Å². The smallest absolute Gasteiger partial charge is 0.258 e. The molecule has 0 saturated heterocycles. The number of nitrogens with zero attached hydrogens (tertiary/aromatic N) is 1. The van der Waals surface area contributed by atoms with Crippen LogP contribution in [0.2, 0.25) is 0 Å². The largest absolute Gasteiger partial charge is 0.272 e. The summed E-state index contributed by atoms with van der Waals surface area (Å²) in [6.07, 6.45) is 4.96. The van der Waals surface area contributed by atoms with Gasteiger partial charge in [-0.1, -0.05) is 28.1 Å². The van der Waals surface area contributed by atoms with Gasteiger partial charge in [0.1, 0.15) is 0 Å². The van der Waals surface area contributed by atoms with E-state index in [0.717, 1.165) is 17.3 Å². The summed E-state index contributed by atoms with van der Waals surface area (Å²) in [5, 5.41) is 11.5. The standard InChI is InChI=1S/C11H12BrNO2/c1-9-8-10(4-2-3-7-12)5-6-11(9)13(14)15/h2,4-6,8H,3,7H2,1H3. The van der Waals surface area contributed by atoms with Crippen LogP contribution in [0, 0.1) is 17.0 Å². The Labute approximate surface area is 97.1 Å². The van der Waals surface area contributed by atoms with Crippen molar-refractivity contribution in [1.82, 2.24) is 0 Å². The van der Waals surface area contributed by atoms with E-state index >= 15 is 0 Å². The maximum Gasteiger partial charge on any atom is 0.272 e. The van der Waals surface area contributed by atoms with Gasteiger partial charge in [0, 0.05) is 17.0 Å². The van der Waals surface area contributed by atoms with Crippen LogP contribution in [0.5, 0.6) is 0 Å². The van der Waals surface area contributed by atoms with Gasteiger partial charge in [0.05, 0.1) is 4.92 Å². The van der Waals surface area contributed by atoms with Crippen molar-refractivity contribution in [2.75, 3.05) is 5.33 Å². The maximum atomic E-state index is 10.6. The summed E-state index contributed by atoms with van der Waals surface area (Å²) in [6, 6.07) is 5.13. The lowest BCUT2D eigenvalue weighted by atomic mass is 10.1. The Balaban J connectivity index is 2.87. The molecule has 3 nitrogen and oxygen atoms in total. The van der Waals surface area contributed by atoms with Crippen LogP contribution < -0.4 is 0 Å². The zero-order valence-electron chi connectivity index (χ0n) is 8.44. The molecule has 0 N–H and O–H groups in total. The molecule has 0 aliphatic rings. The Morgan fingerprint density at radius 2 is 2.27 bits per heavy atom. The zero-order chi connectivity index (χ0) is 11.3. The third-order valence-electron chi connectivity index (χ3n) is 2.00. The van der Waals surface area contributed by atoms with E-state index in [4.69, 9.17) is 0 Å². The molecule has 0 saturated carbocycles. The average molecular weight is 270 g/mol. The Hall–Kier alpha value is -1.16. The molecule has 0 unspecified atom stereocenters. The highest BCUT2D eigenvalue weighted by Gasteiger charge is 2.08. The van der Waals surface area contributed by atoms with Crippen molar-refractivity contribution < 1.29 is 4.92 Å². The fourth-order valence-electron chi connectivity index (χ4n) is 1.27. The molecule has 0 bridgehead atoms. The van der Waals surface area contributed by atoms with E-state index in [1.807, 2.05) is 18.2 Å². The second-order valence-electron chi connectivity index (χ2n) is 3.18. The van der Waals surface area contributed by atoms with Gasteiger partial charge in [-0.3, -0.25) is 10.1 Å². The summed E-state index contributed by atoms with van der Waals surface area (Å²) < 4.78 is 0. The Bertz CT molecular complexity index is 388. The lowest BCUT2D eigenvalue weighted by molar-refractivity contribution is -0.385. The molecule has 0 aromatic heterocycles. The Kier molecular flexibility index (Phi) is 4.49. The normalized spacial score (nSPS) is 10.8. The average Bonchev–Trinajstić information content (AvgIpc) is 2.17. The Morgan fingerprint density at radius 3 is 2.80 bits per heavy atom. The highest BCUT2D eigenvalue weighted by Crippen LogP contribution is 2.19. The van der Waals surface area contributed by atoms with Gasteiger partial charge in [0.15, 0.2) is 0 Å². The number of nitro groups is 1. The monoisotopic (exact) mass is 269 g/mol. The van der Waals surface area contributed by atoms with Crippen molar-refractivity contribution in [1.29, 1.82) is 0 Å². The number of alkyl halides is 1. The summed E-state index contributed by atoms with van der Waals surface area (Å²) in [5.41, 5.74) is 1.87. The van der Waals surface area contributed by atoms with Crippen molar-refractivity contribution in [2.24, 2.45) is 0 Å². The molecule has 0 aliphatic carbocycles. The molecule has 0 radical (unpaired) electrons. The first kappa shape index (κ1) is 11.9. The molecule has 0 amide bonds. The van der Waals surface area contributed by atoms with Crippen LogP contribution in [-0.4, -0.2) is 10.3 Å². The summed E-state index contributed by atoms with van der Waals surface area (Å²) in [4.78, 5) is 10.2. The molecule has 1 aromatic carbocycles. The first-order valence-corrected chi connectivity index (χ1v) is 5.75. The van der Waals surface area contributed by atoms with Gasteiger partial charge in [0.25, 0.3) is 5.69 Å². The van der Waals surface area contributed by atoms with Gasteiger partial charge in [-0.2, -0.15) is 0 Å². The summed E-state index contributed by atoms with van der Waals surface area (Å²) >= 11 is 3.33. The molecule has 1 aromatic rings. The molecule has 4 heteroatoms. The minimum atomic E-state index is -0.360. The number of aryl methyl sites for hydroxylation is 1. The minimum Gasteiger partial charge on any atom is -0.258 e. The molecule has 0 fully saturated rings. The number of allylic oxidation sites excluding steroid dienone is 1. The summed E-state index contributed by atoms with van der Waals surface area (Å²) in [5.74, 6) is 0. The molecule has 0 aliphatic heterocycles. The summed E-state index contributed by atoms with van der Waals surface area (Å²) in [6.45, 7) is 1.75. The van der Waals surface area contributed by atoms with E-state index in [1.165, 1.54) is 0 Å². The topological polar surface area (TPSA) is 43.1 Å². The number of rotatable bonds is 4. The predicted molar refractivity (Wildman–Crippen MR) is 65.3 cm³/mol. The minimum absolute atomic E-state index is 0.174. The molecule has 0 heterocycles. The first-order valence-electron chi connectivity index (χ1n) is 4.62. The second kappa shape index (κ2) is 5.66. The number of hydrogen-bond donors (Lipinski definition) is 0. The molecule has 0 atom stereocenters. The highest BCUT2D eigenvalue weighted by molar-refractivity contribution is 9.09. The van der Waals surface area contributed by atoms with Gasteiger partial charge in [-0.25, -0.2) is 0 Å². The van der Waals surface area contributed by atoms with Crippen LogP contribution in [0.3, 0.4) is 0 Å². The van der Waals surface area contributed by atoms with E-state index in [2.05, 4.69) is 15.9 Å². The van der Waals surface area contributed by atoms with Crippen molar-refractivity contribution >= 4 is 27.7 Å². The van der Waals surface area contributed by atoms with E-state index in [-0.39, 0.29) is 10.6 Å². The Morgan fingerprint density at radius 1 is 1.53 bits per heavy atom. The van der Waals surface area contributed by atoms with Gasteiger partial charge in [-0.05, 0) is 31.0 Å². The number of halogens is 1. The second-order valence-corrected chi connectivity index (χ2v) is 3.98. The van der Waals surface area contributed by atoms with Gasteiger partial charge in [-0.15, -0.1) is 0 Å². The van der Waals surface area contributed by atoms with Crippen LogP contribution >= 0.6 is 15.9 Å². The number of hydrogen-bond acceptors (Lipinski definition) is 2. The van der Waals surface area contributed by atoms with Crippen LogP contribution in [-0.2, 0) is 0 Å². The van der Waals surface area contributed by atoms with E-state index < -0.39 is 0 Å². The van der Waals surface area contributed by atoms with Gasteiger partial charge in [0.2, 0.25) is 0 Å². The van der Waals surface area contributed by atoms with Gasteiger partial charge < -0.3 is 0 Å². The maximum absolute atomic E-state index is 10.6. The third kappa shape index (κ3) is 3.47. The lowest BCUT2D eigenvalue weighted by Crippen LogP contribution is -1.91. The van der Waals surface area contributed by atoms with Crippen molar-refractivity contribution in [3.63, 3.8) is 0 Å². The van der Waals surface area contributed by atoms with Crippen LogP contribution in [0.25, 0.3) is 6.08 Å². The van der Waals surface area contributed by atoms with Gasteiger partial charge >= 0.3 is 0 Å². The first-order chi connectivity index (χ1) is 7.15. The molecular weight excluding hydrogens is 258 g/mol. The zero-order valence-corrected chi connectivity index (χ0v) is 10.0. The molecule has 0 spiro atoms. The fraction of sp³-hybridized carbons (Fsp3) is 0.273. The SMILES string of the molecule is Cc1cc(C=CCCBr)ccc1[N+](=O)[O-]. The van der Waals surface area contributed by atoms with E-state index in [1.54, 1.807) is 19.1 Å². The third-order valence-corrected chi connectivity index (χ3v) is 2.46. The van der Waals surface area contributed by atoms with Crippen molar-refractivity contribution in [3.8, 4) is 0 Å². The van der Waals surface area contributed by atoms with Crippen molar-refractivity contribution in [2.45, 2.75) is 13.3 Å².